The Morgan fingerprint density at radius 2 is 1.90 bits per heavy atom. The van der Waals surface area contributed by atoms with Crippen LogP contribution in [0.5, 0.6) is 0 Å². The summed E-state index contributed by atoms with van der Waals surface area (Å²) in [6.07, 6.45) is 2.90. The first-order chi connectivity index (χ1) is 14.9. The minimum absolute atomic E-state index is 0.150. The van der Waals surface area contributed by atoms with Gasteiger partial charge < -0.3 is 19.9 Å². The van der Waals surface area contributed by atoms with Crippen molar-refractivity contribution < 1.29 is 18.7 Å². The molecule has 0 radical (unpaired) electrons. The van der Waals surface area contributed by atoms with Gasteiger partial charge in [0.15, 0.2) is 0 Å². The first kappa shape index (κ1) is 21.9. The first-order valence-electron chi connectivity index (χ1n) is 11.3. The number of nitrogens with zero attached hydrogens (tertiary/aromatic N) is 3. The summed E-state index contributed by atoms with van der Waals surface area (Å²) < 4.78 is 18.0. The van der Waals surface area contributed by atoms with Crippen molar-refractivity contribution in [1.29, 1.82) is 0 Å². The van der Waals surface area contributed by atoms with Crippen molar-refractivity contribution in [1.82, 2.24) is 15.1 Å². The maximum absolute atomic E-state index is 13.2. The number of piperidine rings is 1. The van der Waals surface area contributed by atoms with Crippen molar-refractivity contribution in [2.24, 2.45) is 5.41 Å². The molecule has 0 bridgehead atoms. The van der Waals surface area contributed by atoms with E-state index < -0.39 is 0 Å². The molecule has 3 fully saturated rings. The summed E-state index contributed by atoms with van der Waals surface area (Å²) in [6, 6.07) is 7.28. The molecule has 31 heavy (non-hydrogen) atoms. The standard InChI is InChI=1S/C23H33FN4O3/c1-17-16-26(13-14-28(17)20-5-3-18(24)4-6-20)10-7-19-15-23(21(29)25-19)8-11-27(12-9-23)22(30)31-2/h3-6,17,19H,7-16H2,1-2H3,(H,25,29)/t17-,19+/m1/s1. The molecule has 0 saturated carbocycles. The van der Waals surface area contributed by atoms with Crippen LogP contribution < -0.4 is 10.2 Å². The number of hydrogen-bond donors (Lipinski definition) is 1. The second kappa shape index (κ2) is 9.02. The van der Waals surface area contributed by atoms with Crippen molar-refractivity contribution in [3.8, 4) is 0 Å². The largest absolute Gasteiger partial charge is 0.453 e. The number of carbonyl (C=O) groups is 2. The molecule has 170 valence electrons. The molecule has 1 N–H and O–H groups in total. The van der Waals surface area contributed by atoms with Crippen molar-refractivity contribution in [3.63, 3.8) is 0 Å². The number of methoxy groups -OCH3 is 1. The summed E-state index contributed by atoms with van der Waals surface area (Å²) in [5.41, 5.74) is 0.737. The van der Waals surface area contributed by atoms with Gasteiger partial charge in [-0.1, -0.05) is 0 Å². The van der Waals surface area contributed by atoms with Crippen LogP contribution in [0.4, 0.5) is 14.9 Å². The molecule has 0 unspecified atom stereocenters. The number of piperazine rings is 1. The van der Waals surface area contributed by atoms with Crippen LogP contribution >= 0.6 is 0 Å². The van der Waals surface area contributed by atoms with Gasteiger partial charge in [-0.3, -0.25) is 9.69 Å². The molecule has 4 rings (SSSR count). The van der Waals surface area contributed by atoms with Gasteiger partial charge in [-0.2, -0.15) is 0 Å². The van der Waals surface area contributed by atoms with Crippen LogP contribution in [-0.4, -0.2) is 80.3 Å². The Morgan fingerprint density at radius 3 is 2.55 bits per heavy atom. The van der Waals surface area contributed by atoms with Crippen LogP contribution in [0.1, 0.15) is 32.6 Å². The Morgan fingerprint density at radius 1 is 1.19 bits per heavy atom. The maximum atomic E-state index is 13.2. The van der Waals surface area contributed by atoms with Crippen LogP contribution in [-0.2, 0) is 9.53 Å². The van der Waals surface area contributed by atoms with Gasteiger partial charge in [0.1, 0.15) is 5.82 Å². The van der Waals surface area contributed by atoms with Gasteiger partial charge >= 0.3 is 6.09 Å². The smallest absolute Gasteiger partial charge is 0.409 e. The Hall–Kier alpha value is -2.35. The molecule has 1 aromatic carbocycles. The lowest BCUT2D eigenvalue weighted by atomic mass is 9.76. The number of carbonyl (C=O) groups excluding carboxylic acids is 2. The SMILES string of the molecule is COC(=O)N1CCC2(CC1)C[C@H](CCN1CCN(c3ccc(F)cc3)[C@H](C)C1)NC2=O. The van der Waals surface area contributed by atoms with E-state index in [0.717, 1.165) is 44.7 Å². The van der Waals surface area contributed by atoms with E-state index in [4.69, 9.17) is 4.74 Å². The molecule has 3 aliphatic heterocycles. The average molecular weight is 433 g/mol. The summed E-state index contributed by atoms with van der Waals surface area (Å²) in [5.74, 6) is -0.0566. The highest BCUT2D eigenvalue weighted by Crippen LogP contribution is 2.41. The van der Waals surface area contributed by atoms with Crippen LogP contribution in [0.3, 0.4) is 0 Å². The second-order valence-electron chi connectivity index (χ2n) is 9.22. The maximum Gasteiger partial charge on any atom is 0.409 e. The predicted molar refractivity (Wildman–Crippen MR) is 116 cm³/mol. The van der Waals surface area contributed by atoms with Gasteiger partial charge in [0.2, 0.25) is 5.91 Å². The van der Waals surface area contributed by atoms with E-state index in [1.807, 2.05) is 12.1 Å². The fourth-order valence-electron chi connectivity index (χ4n) is 5.40. The molecule has 0 aromatic heterocycles. The molecule has 2 amide bonds. The normalized spacial score (nSPS) is 26.2. The van der Waals surface area contributed by atoms with E-state index in [0.29, 0.717) is 32.0 Å². The second-order valence-corrected chi connectivity index (χ2v) is 9.22. The van der Waals surface area contributed by atoms with Gasteiger partial charge in [-0.25, -0.2) is 9.18 Å². The molecule has 0 aliphatic carbocycles. The van der Waals surface area contributed by atoms with E-state index in [9.17, 15) is 14.0 Å². The monoisotopic (exact) mass is 432 g/mol. The van der Waals surface area contributed by atoms with Crippen LogP contribution in [0, 0.1) is 11.2 Å². The third-order valence-corrected chi connectivity index (χ3v) is 7.27. The number of benzene rings is 1. The van der Waals surface area contributed by atoms with E-state index in [1.54, 1.807) is 4.90 Å². The van der Waals surface area contributed by atoms with E-state index in [1.165, 1.54) is 19.2 Å². The summed E-state index contributed by atoms with van der Waals surface area (Å²) in [7, 11) is 1.39. The zero-order valence-corrected chi connectivity index (χ0v) is 18.5. The lowest BCUT2D eigenvalue weighted by Gasteiger charge is -2.41. The van der Waals surface area contributed by atoms with Crippen molar-refractivity contribution in [2.45, 2.75) is 44.7 Å². The van der Waals surface area contributed by atoms with Gasteiger partial charge in [-0.05, 0) is 56.9 Å². The van der Waals surface area contributed by atoms with Crippen molar-refractivity contribution in [3.05, 3.63) is 30.1 Å². The lowest BCUT2D eigenvalue weighted by Crippen LogP contribution is -2.52. The van der Waals surface area contributed by atoms with Crippen LogP contribution in [0.25, 0.3) is 0 Å². The average Bonchev–Trinajstić information content (AvgIpc) is 3.08. The summed E-state index contributed by atoms with van der Waals surface area (Å²) in [5, 5.41) is 3.22. The zero-order chi connectivity index (χ0) is 22.0. The van der Waals surface area contributed by atoms with Crippen LogP contribution in [0.15, 0.2) is 24.3 Å². The number of rotatable bonds is 4. The fourth-order valence-corrected chi connectivity index (χ4v) is 5.40. The molecule has 1 spiro atoms. The highest BCUT2D eigenvalue weighted by molar-refractivity contribution is 5.85. The van der Waals surface area contributed by atoms with E-state index in [2.05, 4.69) is 22.0 Å². The topological polar surface area (TPSA) is 65.1 Å². The molecule has 3 aliphatic rings. The molecule has 8 heteroatoms. The Kier molecular flexibility index (Phi) is 6.36. The van der Waals surface area contributed by atoms with Crippen LogP contribution in [0.2, 0.25) is 0 Å². The predicted octanol–water partition coefficient (Wildman–Crippen LogP) is 2.46. The van der Waals surface area contributed by atoms with Crippen molar-refractivity contribution >= 4 is 17.7 Å². The highest BCUT2D eigenvalue weighted by atomic mass is 19.1. The quantitative estimate of drug-likeness (QED) is 0.792. The number of halogens is 1. The van der Waals surface area contributed by atoms with E-state index in [-0.39, 0.29) is 29.3 Å². The fraction of sp³-hybridized carbons (Fsp3) is 0.652. The highest BCUT2D eigenvalue weighted by Gasteiger charge is 2.48. The van der Waals surface area contributed by atoms with Gasteiger partial charge in [0.05, 0.1) is 12.5 Å². The minimum atomic E-state index is -0.330. The third-order valence-electron chi connectivity index (χ3n) is 7.27. The molecule has 1 aromatic rings. The molecule has 2 atom stereocenters. The molecule has 7 nitrogen and oxygen atoms in total. The van der Waals surface area contributed by atoms with Gasteiger partial charge in [0, 0.05) is 57.0 Å². The summed E-state index contributed by atoms with van der Waals surface area (Å²) in [4.78, 5) is 30.9. The van der Waals surface area contributed by atoms with E-state index >= 15 is 0 Å². The number of hydrogen-bond acceptors (Lipinski definition) is 5. The molecular weight excluding hydrogens is 399 g/mol. The number of likely N-dealkylation sites (tertiary alicyclic amines) is 1. The molecule has 3 saturated heterocycles. The Labute approximate surface area is 183 Å². The Balaban J connectivity index is 1.25. The Bertz CT molecular complexity index is 795. The van der Waals surface area contributed by atoms with Gasteiger partial charge in [0.25, 0.3) is 0 Å². The number of anilines is 1. The summed E-state index contributed by atoms with van der Waals surface area (Å²) in [6.45, 7) is 7.15. The minimum Gasteiger partial charge on any atom is -0.453 e. The first-order valence-corrected chi connectivity index (χ1v) is 11.3. The molecular formula is C23H33FN4O3. The third kappa shape index (κ3) is 4.63. The number of ether oxygens (including phenoxy) is 1. The van der Waals surface area contributed by atoms with Gasteiger partial charge in [-0.15, -0.1) is 0 Å². The number of amides is 2. The number of nitrogens with one attached hydrogen (secondary N) is 1. The van der Waals surface area contributed by atoms with Crippen molar-refractivity contribution in [2.75, 3.05) is 51.3 Å². The zero-order valence-electron chi connectivity index (χ0n) is 18.5. The lowest BCUT2D eigenvalue weighted by molar-refractivity contribution is -0.129. The summed E-state index contributed by atoms with van der Waals surface area (Å²) >= 11 is 0. The molecule has 3 heterocycles.